The van der Waals surface area contributed by atoms with Gasteiger partial charge >= 0.3 is 11.9 Å². The number of aromatic nitrogens is 1. The summed E-state index contributed by atoms with van der Waals surface area (Å²) in [5.41, 5.74) is 1.76. The van der Waals surface area contributed by atoms with Crippen molar-refractivity contribution < 1.29 is 28.2 Å². The summed E-state index contributed by atoms with van der Waals surface area (Å²) in [6, 6.07) is 9.37. The summed E-state index contributed by atoms with van der Waals surface area (Å²) in [6.45, 7) is 0.838. The topological polar surface area (TPSA) is 91.8 Å². The highest BCUT2D eigenvalue weighted by atomic mass is 35.5. The summed E-state index contributed by atoms with van der Waals surface area (Å²) in [5, 5.41) is 13.2. The zero-order chi connectivity index (χ0) is 26.9. The Labute approximate surface area is 227 Å². The molecule has 0 spiro atoms. The van der Waals surface area contributed by atoms with Crippen LogP contribution in [0.15, 0.2) is 36.4 Å². The molecule has 1 atom stereocenters. The molecule has 0 radical (unpaired) electrons. The van der Waals surface area contributed by atoms with Gasteiger partial charge in [-0.05, 0) is 74.4 Å². The molecule has 2 heterocycles. The van der Waals surface area contributed by atoms with Gasteiger partial charge in [0.1, 0.15) is 5.82 Å². The normalized spacial score (nSPS) is 21.9. The van der Waals surface area contributed by atoms with Crippen molar-refractivity contribution >= 4 is 55.7 Å². The van der Waals surface area contributed by atoms with Crippen LogP contribution in [0.4, 0.5) is 19.6 Å². The molecule has 2 aromatic carbocycles. The second-order valence-electron chi connectivity index (χ2n) is 9.86. The number of thiazole rings is 1. The lowest BCUT2D eigenvalue weighted by Crippen LogP contribution is -2.54. The average molecular weight is 564 g/mol. The number of anilines is 2. The molecule has 2 N–H and O–H groups in total. The molecular weight excluding hydrogens is 536 g/mol. The van der Waals surface area contributed by atoms with Gasteiger partial charge in [-0.1, -0.05) is 29.0 Å². The number of rotatable bonds is 9. The molecule has 1 aromatic heterocycles. The highest BCUT2D eigenvalue weighted by Gasteiger charge is 2.48. The van der Waals surface area contributed by atoms with Crippen LogP contribution in [0.3, 0.4) is 0 Å². The van der Waals surface area contributed by atoms with Crippen LogP contribution >= 0.6 is 22.9 Å². The van der Waals surface area contributed by atoms with E-state index in [2.05, 4.69) is 10.3 Å². The molecule has 38 heavy (non-hydrogen) atoms. The van der Waals surface area contributed by atoms with E-state index in [0.717, 1.165) is 12.8 Å². The van der Waals surface area contributed by atoms with Crippen LogP contribution in [-0.2, 0) is 20.7 Å². The molecule has 0 bridgehead atoms. The van der Waals surface area contributed by atoms with E-state index in [1.54, 1.807) is 24.3 Å². The Balaban J connectivity index is 1.28. The Bertz CT molecular complexity index is 1340. The van der Waals surface area contributed by atoms with Crippen LogP contribution in [0.5, 0.6) is 0 Å². The number of alkyl halides is 1. The van der Waals surface area contributed by atoms with E-state index in [-0.39, 0.29) is 12.2 Å². The fourth-order valence-corrected chi connectivity index (χ4v) is 6.25. The first-order valence-electron chi connectivity index (χ1n) is 12.7. The maximum absolute atomic E-state index is 16.4. The van der Waals surface area contributed by atoms with E-state index in [1.807, 2.05) is 0 Å². The summed E-state index contributed by atoms with van der Waals surface area (Å²) >= 11 is 7.77. The minimum Gasteiger partial charge on any atom is -0.481 e. The quantitative estimate of drug-likeness (QED) is 0.294. The van der Waals surface area contributed by atoms with Gasteiger partial charge in [0.15, 0.2) is 5.13 Å². The standard InChI is InChI=1S/C27H28ClF2N3O4S/c28-20-13-16(3-9-21(20)31-26-32-22-10-6-18(29)15-23(22)38-26)14-24(34)27(30,33-11-1-2-12-33)37-19-7-4-17(5-8-19)25(35)36/h3,6,9-10,13,15,17,19H,1-2,4-5,7-8,11-12,14H2,(H,31,32)(H,35,36)/t17-,19-,27?. The molecule has 11 heteroatoms. The van der Waals surface area contributed by atoms with Crippen LogP contribution in [-0.4, -0.2) is 51.9 Å². The van der Waals surface area contributed by atoms with Gasteiger partial charge in [0.2, 0.25) is 5.78 Å². The van der Waals surface area contributed by atoms with Crippen molar-refractivity contribution in [1.29, 1.82) is 0 Å². The first-order chi connectivity index (χ1) is 18.2. The van der Waals surface area contributed by atoms with Gasteiger partial charge in [0.05, 0.1) is 32.9 Å². The molecule has 202 valence electrons. The minimum atomic E-state index is -2.57. The maximum atomic E-state index is 16.4. The molecule has 1 unspecified atom stereocenters. The molecule has 1 aliphatic carbocycles. The summed E-state index contributed by atoms with van der Waals surface area (Å²) in [7, 11) is 0. The minimum absolute atomic E-state index is 0.210. The summed E-state index contributed by atoms with van der Waals surface area (Å²) in [5.74, 6) is -4.92. The second kappa shape index (κ2) is 11.2. The first-order valence-corrected chi connectivity index (χ1v) is 13.9. The lowest BCUT2D eigenvalue weighted by Gasteiger charge is -2.37. The number of hydrogen-bond acceptors (Lipinski definition) is 7. The third kappa shape index (κ3) is 5.83. The van der Waals surface area contributed by atoms with E-state index in [9.17, 15) is 19.1 Å². The average Bonchev–Trinajstić information content (AvgIpc) is 3.56. The van der Waals surface area contributed by atoms with Crippen molar-refractivity contribution in [3.8, 4) is 0 Å². The lowest BCUT2D eigenvalue weighted by molar-refractivity contribution is -0.252. The SMILES string of the molecule is O=C(Cc1ccc(Nc2nc3ccc(F)cc3s2)c(Cl)c1)C(F)(O[C@H]1CC[C@H](C(=O)O)CC1)N1CCCC1. The lowest BCUT2D eigenvalue weighted by atomic mass is 9.87. The van der Waals surface area contributed by atoms with Crippen LogP contribution in [0.25, 0.3) is 10.2 Å². The van der Waals surface area contributed by atoms with Crippen molar-refractivity contribution in [3.05, 3.63) is 52.8 Å². The van der Waals surface area contributed by atoms with Crippen molar-refractivity contribution in [1.82, 2.24) is 9.88 Å². The van der Waals surface area contributed by atoms with Crippen molar-refractivity contribution in [2.24, 2.45) is 5.92 Å². The molecule has 7 nitrogen and oxygen atoms in total. The van der Waals surface area contributed by atoms with E-state index >= 15 is 4.39 Å². The van der Waals surface area contributed by atoms with Crippen molar-refractivity contribution in [2.45, 2.75) is 57.0 Å². The number of carboxylic acid groups (broad SMARTS) is 1. The number of carboxylic acids is 1. The number of carbonyl (C=O) groups excluding carboxylic acids is 1. The van der Waals surface area contributed by atoms with E-state index < -0.39 is 29.8 Å². The Kier molecular flexibility index (Phi) is 7.95. The first kappa shape index (κ1) is 26.9. The molecule has 5 rings (SSSR count). The molecule has 1 saturated heterocycles. The Hall–Kier alpha value is -2.66. The molecule has 1 saturated carbocycles. The number of ketones is 1. The number of hydrogen-bond donors (Lipinski definition) is 2. The molecule has 1 aliphatic heterocycles. The number of halogens is 3. The predicted molar refractivity (Wildman–Crippen MR) is 142 cm³/mol. The highest BCUT2D eigenvalue weighted by Crippen LogP contribution is 2.36. The Morgan fingerprint density at radius 3 is 2.58 bits per heavy atom. The van der Waals surface area contributed by atoms with Gasteiger partial charge in [-0.2, -0.15) is 4.39 Å². The van der Waals surface area contributed by atoms with Gasteiger partial charge in [-0.3, -0.25) is 9.59 Å². The Morgan fingerprint density at radius 1 is 1.16 bits per heavy atom. The molecule has 2 fully saturated rings. The number of benzene rings is 2. The van der Waals surface area contributed by atoms with Gasteiger partial charge < -0.3 is 15.2 Å². The zero-order valence-corrected chi connectivity index (χ0v) is 22.2. The molecule has 3 aromatic rings. The fraction of sp³-hybridized carbons (Fsp3) is 0.444. The van der Waals surface area contributed by atoms with Crippen LogP contribution in [0.2, 0.25) is 5.02 Å². The smallest absolute Gasteiger partial charge is 0.330 e. The number of nitrogens with zero attached hydrogens (tertiary/aromatic N) is 2. The zero-order valence-electron chi connectivity index (χ0n) is 20.6. The number of Topliss-reactive ketones (excluding diaryl/α,β-unsaturated/α-hetero) is 1. The molecular formula is C27H28ClF2N3O4S. The highest BCUT2D eigenvalue weighted by molar-refractivity contribution is 7.22. The largest absolute Gasteiger partial charge is 0.481 e. The summed E-state index contributed by atoms with van der Waals surface area (Å²) in [4.78, 5) is 30.5. The van der Waals surface area contributed by atoms with Crippen molar-refractivity contribution in [2.75, 3.05) is 18.4 Å². The van der Waals surface area contributed by atoms with Gasteiger partial charge in [0, 0.05) is 19.5 Å². The number of ether oxygens (including phenoxy) is 1. The van der Waals surface area contributed by atoms with Crippen LogP contribution < -0.4 is 5.32 Å². The number of aliphatic carboxylic acids is 1. The van der Waals surface area contributed by atoms with E-state index in [1.165, 1.54) is 28.4 Å². The predicted octanol–water partition coefficient (Wildman–Crippen LogP) is 6.32. The monoisotopic (exact) mass is 563 g/mol. The number of likely N-dealkylation sites (tertiary alicyclic amines) is 1. The summed E-state index contributed by atoms with van der Waals surface area (Å²) < 4.78 is 36.4. The number of nitrogens with one attached hydrogen (secondary N) is 1. The third-order valence-electron chi connectivity index (χ3n) is 7.19. The molecule has 2 aliphatic rings. The van der Waals surface area contributed by atoms with Gasteiger partial charge in [0.25, 0.3) is 0 Å². The van der Waals surface area contributed by atoms with E-state index in [4.69, 9.17) is 16.3 Å². The van der Waals surface area contributed by atoms with Crippen molar-refractivity contribution in [3.63, 3.8) is 0 Å². The number of carbonyl (C=O) groups is 2. The summed E-state index contributed by atoms with van der Waals surface area (Å²) in [6.07, 6.45) is 2.42. The van der Waals surface area contributed by atoms with Gasteiger partial charge in [-0.15, -0.1) is 0 Å². The van der Waals surface area contributed by atoms with Crippen LogP contribution in [0, 0.1) is 11.7 Å². The maximum Gasteiger partial charge on any atom is 0.330 e. The van der Waals surface area contributed by atoms with E-state index in [0.29, 0.717) is 70.4 Å². The third-order valence-corrected chi connectivity index (χ3v) is 8.44. The molecule has 0 amide bonds. The Morgan fingerprint density at radius 2 is 1.89 bits per heavy atom. The van der Waals surface area contributed by atoms with Crippen LogP contribution in [0.1, 0.15) is 44.1 Å². The van der Waals surface area contributed by atoms with Gasteiger partial charge in [-0.25, -0.2) is 14.3 Å². The number of fused-ring (bicyclic) bond motifs is 1. The fourth-order valence-electron chi connectivity index (χ4n) is 5.10. The second-order valence-corrected chi connectivity index (χ2v) is 11.3.